The summed E-state index contributed by atoms with van der Waals surface area (Å²) in [6.45, 7) is 6.02. The lowest BCUT2D eigenvalue weighted by Gasteiger charge is -2.09. The normalized spacial score (nSPS) is 10.3. The van der Waals surface area contributed by atoms with Crippen molar-refractivity contribution in [1.29, 1.82) is 0 Å². The zero-order valence-corrected chi connectivity index (χ0v) is 11.7. The van der Waals surface area contributed by atoms with Gasteiger partial charge in [-0.1, -0.05) is 12.1 Å². The van der Waals surface area contributed by atoms with Crippen LogP contribution < -0.4 is 5.32 Å². The van der Waals surface area contributed by atoms with E-state index in [9.17, 15) is 10.1 Å². The third-order valence-electron chi connectivity index (χ3n) is 3.27. The number of nitro groups is 1. The summed E-state index contributed by atoms with van der Waals surface area (Å²) in [5, 5.41) is 14.0. The van der Waals surface area contributed by atoms with Crippen molar-refractivity contribution in [3.05, 3.63) is 57.0 Å². The fraction of sp³-hybridized carbons (Fsp3) is 0.286. The highest BCUT2D eigenvalue weighted by Crippen LogP contribution is 2.21. The van der Waals surface area contributed by atoms with Gasteiger partial charge in [-0.3, -0.25) is 15.1 Å². The molecule has 0 amide bonds. The molecule has 20 heavy (non-hydrogen) atoms. The first-order chi connectivity index (χ1) is 9.49. The minimum absolute atomic E-state index is 0.135. The molecule has 6 nitrogen and oxygen atoms in total. The Hall–Kier alpha value is -2.50. The van der Waals surface area contributed by atoms with Crippen LogP contribution in [-0.4, -0.2) is 14.9 Å². The quantitative estimate of drug-likeness (QED) is 0.683. The summed E-state index contributed by atoms with van der Waals surface area (Å²) < 4.78 is 0. The molecule has 0 spiro atoms. The van der Waals surface area contributed by atoms with E-state index in [0.29, 0.717) is 17.9 Å². The van der Waals surface area contributed by atoms with Gasteiger partial charge < -0.3 is 5.32 Å². The molecule has 1 heterocycles. The zero-order valence-electron chi connectivity index (χ0n) is 11.7. The number of anilines is 1. The van der Waals surface area contributed by atoms with E-state index in [0.717, 1.165) is 17.0 Å². The van der Waals surface area contributed by atoms with Crippen LogP contribution in [0.5, 0.6) is 0 Å². The van der Waals surface area contributed by atoms with Crippen molar-refractivity contribution < 1.29 is 4.92 Å². The van der Waals surface area contributed by atoms with Gasteiger partial charge in [0.05, 0.1) is 22.5 Å². The third-order valence-corrected chi connectivity index (χ3v) is 3.27. The van der Waals surface area contributed by atoms with Gasteiger partial charge in [-0.25, -0.2) is 4.98 Å². The smallest absolute Gasteiger partial charge is 0.272 e. The molecule has 0 atom stereocenters. The van der Waals surface area contributed by atoms with Gasteiger partial charge in [0, 0.05) is 18.2 Å². The van der Waals surface area contributed by atoms with Crippen molar-refractivity contribution in [2.45, 2.75) is 27.3 Å². The molecule has 0 bridgehead atoms. The number of rotatable bonds is 4. The van der Waals surface area contributed by atoms with Gasteiger partial charge in [0.2, 0.25) is 0 Å². The predicted molar refractivity (Wildman–Crippen MR) is 76.7 cm³/mol. The molecule has 0 saturated carbocycles. The maximum Gasteiger partial charge on any atom is 0.272 e. The van der Waals surface area contributed by atoms with Crippen LogP contribution in [0.25, 0.3) is 0 Å². The van der Waals surface area contributed by atoms with Crippen molar-refractivity contribution in [3.63, 3.8) is 0 Å². The Balaban J connectivity index is 2.17. The summed E-state index contributed by atoms with van der Waals surface area (Å²) in [6, 6.07) is 5.06. The van der Waals surface area contributed by atoms with Gasteiger partial charge >= 0.3 is 0 Å². The van der Waals surface area contributed by atoms with Gasteiger partial charge in [0.25, 0.3) is 5.69 Å². The Morgan fingerprint density at radius 3 is 2.65 bits per heavy atom. The fourth-order valence-corrected chi connectivity index (χ4v) is 1.87. The van der Waals surface area contributed by atoms with Crippen molar-refractivity contribution in [2.24, 2.45) is 0 Å². The number of nitrogens with one attached hydrogen (secondary N) is 1. The highest BCUT2D eigenvalue weighted by molar-refractivity contribution is 5.46. The van der Waals surface area contributed by atoms with Crippen LogP contribution in [0.15, 0.2) is 24.4 Å². The molecule has 2 rings (SSSR count). The minimum atomic E-state index is -0.366. The molecule has 1 N–H and O–H groups in total. The summed E-state index contributed by atoms with van der Waals surface area (Å²) >= 11 is 0. The lowest BCUT2D eigenvalue weighted by atomic mass is 10.1. The summed E-state index contributed by atoms with van der Waals surface area (Å²) in [5.41, 5.74) is 3.43. The predicted octanol–water partition coefficient (Wildman–Crippen LogP) is 2.92. The van der Waals surface area contributed by atoms with Crippen LogP contribution in [0, 0.1) is 30.9 Å². The second kappa shape index (κ2) is 5.64. The second-order valence-corrected chi connectivity index (χ2v) is 4.60. The lowest BCUT2D eigenvalue weighted by Crippen LogP contribution is -2.06. The monoisotopic (exact) mass is 272 g/mol. The third kappa shape index (κ3) is 2.90. The van der Waals surface area contributed by atoms with E-state index in [4.69, 9.17) is 0 Å². The molecular formula is C14H16N4O2. The number of aryl methyl sites for hydroxylation is 2. The van der Waals surface area contributed by atoms with Crippen LogP contribution in [0.2, 0.25) is 0 Å². The largest absolute Gasteiger partial charge is 0.365 e. The van der Waals surface area contributed by atoms with Crippen molar-refractivity contribution in [1.82, 2.24) is 9.97 Å². The van der Waals surface area contributed by atoms with Gasteiger partial charge in [0.1, 0.15) is 5.82 Å². The fourth-order valence-electron chi connectivity index (χ4n) is 1.87. The Kier molecular flexibility index (Phi) is 3.93. The maximum atomic E-state index is 10.9. The minimum Gasteiger partial charge on any atom is -0.365 e. The molecule has 6 heteroatoms. The molecule has 0 saturated heterocycles. The molecule has 0 aliphatic carbocycles. The molecule has 0 aliphatic heterocycles. The first-order valence-electron chi connectivity index (χ1n) is 6.26. The van der Waals surface area contributed by atoms with Gasteiger partial charge in [0.15, 0.2) is 0 Å². The second-order valence-electron chi connectivity index (χ2n) is 4.60. The van der Waals surface area contributed by atoms with E-state index in [1.165, 1.54) is 6.07 Å². The van der Waals surface area contributed by atoms with Gasteiger partial charge in [-0.2, -0.15) is 0 Å². The van der Waals surface area contributed by atoms with Crippen molar-refractivity contribution in [3.8, 4) is 0 Å². The van der Waals surface area contributed by atoms with E-state index < -0.39 is 0 Å². The van der Waals surface area contributed by atoms with E-state index in [2.05, 4.69) is 15.3 Å². The molecule has 0 unspecified atom stereocenters. The van der Waals surface area contributed by atoms with Crippen molar-refractivity contribution in [2.75, 3.05) is 5.32 Å². The zero-order chi connectivity index (χ0) is 14.7. The first-order valence-corrected chi connectivity index (χ1v) is 6.26. The number of nitrogens with zero attached hydrogens (tertiary/aromatic N) is 3. The number of hydrogen-bond acceptors (Lipinski definition) is 5. The highest BCUT2D eigenvalue weighted by Gasteiger charge is 2.12. The number of hydrogen-bond donors (Lipinski definition) is 1. The van der Waals surface area contributed by atoms with Crippen LogP contribution in [0.1, 0.15) is 22.5 Å². The van der Waals surface area contributed by atoms with Crippen LogP contribution in [-0.2, 0) is 6.54 Å². The maximum absolute atomic E-state index is 10.9. The van der Waals surface area contributed by atoms with Crippen LogP contribution in [0.4, 0.5) is 11.5 Å². The first kappa shape index (κ1) is 13.9. The summed E-state index contributed by atoms with van der Waals surface area (Å²) in [6.07, 6.45) is 1.66. The molecular weight excluding hydrogens is 256 g/mol. The number of aromatic nitrogens is 2. The van der Waals surface area contributed by atoms with Gasteiger partial charge in [-0.05, 0) is 26.3 Å². The lowest BCUT2D eigenvalue weighted by molar-refractivity contribution is -0.385. The summed E-state index contributed by atoms with van der Waals surface area (Å²) in [5.74, 6) is 0.666. The summed E-state index contributed by atoms with van der Waals surface area (Å²) in [4.78, 5) is 19.1. The Morgan fingerprint density at radius 2 is 2.00 bits per heavy atom. The average molecular weight is 272 g/mol. The van der Waals surface area contributed by atoms with Crippen LogP contribution in [0.3, 0.4) is 0 Å². The molecule has 1 aromatic carbocycles. The molecule has 0 radical (unpaired) electrons. The highest BCUT2D eigenvalue weighted by atomic mass is 16.6. The Morgan fingerprint density at radius 1 is 1.25 bits per heavy atom. The molecule has 0 fully saturated rings. The van der Waals surface area contributed by atoms with Gasteiger partial charge in [-0.15, -0.1) is 0 Å². The molecule has 1 aromatic heterocycles. The number of benzene rings is 1. The SMILES string of the molecule is Cc1ncc(NCc2cccc([N+](=O)[O-])c2C)nc1C. The Labute approximate surface area is 117 Å². The molecule has 104 valence electrons. The average Bonchev–Trinajstić information content (AvgIpc) is 2.41. The topological polar surface area (TPSA) is 81.0 Å². The number of nitro benzene ring substituents is 1. The molecule has 0 aliphatic rings. The van der Waals surface area contributed by atoms with E-state index in [-0.39, 0.29) is 10.6 Å². The van der Waals surface area contributed by atoms with E-state index >= 15 is 0 Å². The standard InChI is InChI=1S/C14H16N4O2/c1-9-12(5-4-6-13(9)18(19)20)7-16-14-8-15-10(2)11(3)17-14/h4-6,8H,7H2,1-3H3,(H,16,17). The van der Waals surface area contributed by atoms with E-state index in [1.54, 1.807) is 19.2 Å². The molecule has 2 aromatic rings. The Bertz CT molecular complexity index is 656. The van der Waals surface area contributed by atoms with Crippen LogP contribution >= 0.6 is 0 Å². The van der Waals surface area contributed by atoms with Crippen molar-refractivity contribution >= 4 is 11.5 Å². The van der Waals surface area contributed by atoms with E-state index in [1.807, 2.05) is 19.9 Å². The summed E-state index contributed by atoms with van der Waals surface area (Å²) in [7, 11) is 0.